The summed E-state index contributed by atoms with van der Waals surface area (Å²) < 4.78 is 0. The third kappa shape index (κ3) is 3.47. The minimum absolute atomic E-state index is 0. The fourth-order valence-corrected chi connectivity index (χ4v) is 5.10. The van der Waals surface area contributed by atoms with E-state index in [2.05, 4.69) is 42.7 Å². The van der Waals surface area contributed by atoms with Crippen LogP contribution in [0.25, 0.3) is 11.3 Å². The summed E-state index contributed by atoms with van der Waals surface area (Å²) in [5, 5.41) is 7.04. The molecule has 1 aliphatic heterocycles. The largest absolute Gasteiger partial charge is 0.317 e. The molecular formula is C20H27BrN2S. The summed E-state index contributed by atoms with van der Waals surface area (Å²) in [5.74, 6) is 2.05. The van der Waals surface area contributed by atoms with E-state index in [0.29, 0.717) is 17.8 Å². The maximum absolute atomic E-state index is 4.99. The van der Waals surface area contributed by atoms with Crippen molar-refractivity contribution in [3.8, 4) is 11.3 Å². The molecule has 0 radical (unpaired) electrons. The van der Waals surface area contributed by atoms with Gasteiger partial charge in [-0.25, -0.2) is 4.98 Å². The SMILES string of the molecule is Br.CC1CCC(C)c2cc(-c3csc(C4CCNCC4)n3)ccc21. The molecule has 0 amide bonds. The van der Waals surface area contributed by atoms with Gasteiger partial charge in [0.05, 0.1) is 10.7 Å². The number of fused-ring (bicyclic) bond motifs is 1. The van der Waals surface area contributed by atoms with Crippen LogP contribution in [0.4, 0.5) is 0 Å². The Balaban J connectivity index is 0.00000169. The molecule has 1 N–H and O–H groups in total. The van der Waals surface area contributed by atoms with Gasteiger partial charge in [-0.05, 0) is 67.8 Å². The Labute approximate surface area is 159 Å². The second-order valence-electron chi connectivity index (χ2n) is 7.32. The highest BCUT2D eigenvalue weighted by Crippen LogP contribution is 2.40. The van der Waals surface area contributed by atoms with Crippen molar-refractivity contribution in [3.63, 3.8) is 0 Å². The van der Waals surface area contributed by atoms with Crippen molar-refractivity contribution in [1.82, 2.24) is 10.3 Å². The van der Waals surface area contributed by atoms with E-state index in [1.165, 1.54) is 41.9 Å². The zero-order valence-corrected chi connectivity index (χ0v) is 17.1. The van der Waals surface area contributed by atoms with E-state index in [0.717, 1.165) is 13.1 Å². The molecule has 1 saturated heterocycles. The van der Waals surface area contributed by atoms with Crippen molar-refractivity contribution in [3.05, 3.63) is 39.7 Å². The summed E-state index contributed by atoms with van der Waals surface area (Å²) in [4.78, 5) is 4.99. The highest BCUT2D eigenvalue weighted by atomic mass is 79.9. The highest BCUT2D eigenvalue weighted by Gasteiger charge is 2.23. The molecule has 0 saturated carbocycles. The predicted molar refractivity (Wildman–Crippen MR) is 109 cm³/mol. The maximum atomic E-state index is 4.99. The number of halogens is 1. The lowest BCUT2D eigenvalue weighted by molar-refractivity contribution is 0.459. The monoisotopic (exact) mass is 406 g/mol. The number of rotatable bonds is 2. The minimum Gasteiger partial charge on any atom is -0.317 e. The molecule has 2 heterocycles. The number of hydrogen-bond acceptors (Lipinski definition) is 3. The lowest BCUT2D eigenvalue weighted by Gasteiger charge is -2.28. The Hall–Kier alpha value is -0.710. The first-order valence-corrected chi connectivity index (χ1v) is 9.90. The third-order valence-corrected chi connectivity index (χ3v) is 6.69. The van der Waals surface area contributed by atoms with E-state index in [1.54, 1.807) is 11.1 Å². The van der Waals surface area contributed by atoms with Gasteiger partial charge < -0.3 is 5.32 Å². The van der Waals surface area contributed by atoms with Crippen molar-refractivity contribution in [1.29, 1.82) is 0 Å². The summed E-state index contributed by atoms with van der Waals surface area (Å²) in [5.41, 5.74) is 5.59. The van der Waals surface area contributed by atoms with Crippen LogP contribution in [0.2, 0.25) is 0 Å². The molecule has 2 unspecified atom stereocenters. The van der Waals surface area contributed by atoms with E-state index >= 15 is 0 Å². The number of nitrogens with zero attached hydrogens (tertiary/aromatic N) is 1. The Morgan fingerprint density at radius 1 is 1.00 bits per heavy atom. The molecule has 1 aliphatic carbocycles. The summed E-state index contributed by atoms with van der Waals surface area (Å²) in [6, 6.07) is 7.06. The second kappa shape index (κ2) is 7.67. The van der Waals surface area contributed by atoms with Crippen LogP contribution in [0.5, 0.6) is 0 Å². The van der Waals surface area contributed by atoms with E-state index in [4.69, 9.17) is 4.98 Å². The quantitative estimate of drug-likeness (QED) is 0.675. The molecule has 24 heavy (non-hydrogen) atoms. The molecular weight excluding hydrogens is 380 g/mol. The highest BCUT2D eigenvalue weighted by molar-refractivity contribution is 8.93. The van der Waals surface area contributed by atoms with Crippen LogP contribution in [-0.2, 0) is 0 Å². The number of thiazole rings is 1. The molecule has 4 heteroatoms. The minimum atomic E-state index is 0. The van der Waals surface area contributed by atoms with Gasteiger partial charge in [-0.3, -0.25) is 0 Å². The van der Waals surface area contributed by atoms with Crippen LogP contribution < -0.4 is 5.32 Å². The number of piperidine rings is 1. The van der Waals surface area contributed by atoms with Crippen LogP contribution >= 0.6 is 28.3 Å². The fraction of sp³-hybridized carbons (Fsp3) is 0.550. The van der Waals surface area contributed by atoms with E-state index in [1.807, 2.05) is 11.3 Å². The Morgan fingerprint density at radius 3 is 2.46 bits per heavy atom. The molecule has 1 fully saturated rings. The van der Waals surface area contributed by atoms with E-state index in [9.17, 15) is 0 Å². The topological polar surface area (TPSA) is 24.9 Å². The Kier molecular flexibility index (Phi) is 5.78. The lowest BCUT2D eigenvalue weighted by Crippen LogP contribution is -2.26. The van der Waals surface area contributed by atoms with Crippen LogP contribution in [-0.4, -0.2) is 18.1 Å². The van der Waals surface area contributed by atoms with E-state index in [-0.39, 0.29) is 17.0 Å². The fourth-order valence-electron chi connectivity index (χ4n) is 4.10. The van der Waals surface area contributed by atoms with Gasteiger partial charge in [0.1, 0.15) is 0 Å². The van der Waals surface area contributed by atoms with Gasteiger partial charge in [0, 0.05) is 16.9 Å². The van der Waals surface area contributed by atoms with Crippen molar-refractivity contribution in [2.24, 2.45) is 0 Å². The first-order valence-electron chi connectivity index (χ1n) is 9.02. The molecule has 0 bridgehead atoms. The number of benzene rings is 1. The molecule has 2 nitrogen and oxygen atoms in total. The average Bonchev–Trinajstić information content (AvgIpc) is 3.09. The molecule has 0 spiro atoms. The van der Waals surface area contributed by atoms with Gasteiger partial charge in [0.2, 0.25) is 0 Å². The van der Waals surface area contributed by atoms with Crippen LogP contribution in [0, 0.1) is 0 Å². The van der Waals surface area contributed by atoms with Crippen LogP contribution in [0.1, 0.15) is 73.4 Å². The van der Waals surface area contributed by atoms with Crippen molar-refractivity contribution in [2.45, 2.75) is 57.3 Å². The summed E-state index contributed by atoms with van der Waals surface area (Å²) in [6.07, 6.45) is 5.09. The van der Waals surface area contributed by atoms with Gasteiger partial charge in [-0.15, -0.1) is 28.3 Å². The normalized spacial score (nSPS) is 24.2. The third-order valence-electron chi connectivity index (χ3n) is 5.69. The molecule has 1 aromatic heterocycles. The maximum Gasteiger partial charge on any atom is 0.0964 e. The number of nitrogens with one attached hydrogen (secondary N) is 1. The summed E-state index contributed by atoms with van der Waals surface area (Å²) in [6.45, 7) is 7.00. The van der Waals surface area contributed by atoms with E-state index < -0.39 is 0 Å². The summed E-state index contributed by atoms with van der Waals surface area (Å²) in [7, 11) is 0. The van der Waals surface area contributed by atoms with Crippen molar-refractivity contribution in [2.75, 3.05) is 13.1 Å². The standard InChI is InChI=1S/C20H26N2S.BrH/c1-13-3-4-14(2)18-11-16(5-6-17(13)18)19-12-23-20(22-19)15-7-9-21-10-8-15;/h5-6,11-15,21H,3-4,7-10H2,1-2H3;1H. The zero-order valence-electron chi connectivity index (χ0n) is 14.5. The molecule has 2 atom stereocenters. The zero-order chi connectivity index (χ0) is 15.8. The molecule has 4 rings (SSSR count). The first kappa shape index (κ1) is 18.1. The molecule has 2 aliphatic rings. The van der Waals surface area contributed by atoms with Gasteiger partial charge in [0.25, 0.3) is 0 Å². The van der Waals surface area contributed by atoms with Crippen LogP contribution in [0.15, 0.2) is 23.6 Å². The Morgan fingerprint density at radius 2 is 1.71 bits per heavy atom. The number of aromatic nitrogens is 1. The first-order chi connectivity index (χ1) is 11.2. The van der Waals surface area contributed by atoms with Crippen molar-refractivity contribution < 1.29 is 0 Å². The average molecular weight is 407 g/mol. The number of hydrogen-bond donors (Lipinski definition) is 1. The van der Waals surface area contributed by atoms with Gasteiger partial charge in [-0.1, -0.05) is 26.0 Å². The lowest BCUT2D eigenvalue weighted by atomic mass is 9.77. The molecule has 1 aromatic carbocycles. The molecule has 2 aromatic rings. The van der Waals surface area contributed by atoms with Crippen LogP contribution in [0.3, 0.4) is 0 Å². The molecule has 130 valence electrons. The van der Waals surface area contributed by atoms with Gasteiger partial charge in [-0.2, -0.15) is 0 Å². The van der Waals surface area contributed by atoms with Gasteiger partial charge in [0.15, 0.2) is 0 Å². The second-order valence-corrected chi connectivity index (χ2v) is 8.21. The van der Waals surface area contributed by atoms with Crippen molar-refractivity contribution >= 4 is 28.3 Å². The van der Waals surface area contributed by atoms with Gasteiger partial charge >= 0.3 is 0 Å². The predicted octanol–water partition coefficient (Wildman–Crippen LogP) is 5.86. The Bertz CT molecular complexity index is 691. The summed E-state index contributed by atoms with van der Waals surface area (Å²) >= 11 is 1.85. The smallest absolute Gasteiger partial charge is 0.0964 e.